The predicted octanol–water partition coefficient (Wildman–Crippen LogP) is 3.07. The van der Waals surface area contributed by atoms with Crippen LogP contribution in [0.25, 0.3) is 22.2 Å². The van der Waals surface area contributed by atoms with Crippen LogP contribution in [0.4, 0.5) is 0 Å². The molecule has 0 radical (unpaired) electrons. The quantitative estimate of drug-likeness (QED) is 0.570. The summed E-state index contributed by atoms with van der Waals surface area (Å²) < 4.78 is 3.47. The van der Waals surface area contributed by atoms with Crippen molar-refractivity contribution in [3.63, 3.8) is 0 Å². The third kappa shape index (κ3) is 3.63. The molecule has 0 unspecified atom stereocenters. The van der Waals surface area contributed by atoms with Gasteiger partial charge in [-0.2, -0.15) is 10.2 Å². The van der Waals surface area contributed by atoms with Crippen LogP contribution in [0.3, 0.4) is 0 Å². The van der Waals surface area contributed by atoms with E-state index in [0.717, 1.165) is 33.5 Å². The highest BCUT2D eigenvalue weighted by molar-refractivity contribution is 5.95. The molecule has 0 saturated carbocycles. The SMILES string of the molecule is Cc1cccc(-c2ccnc3c2c(C)nn3CC(=O)NCc2cnn(C)c2C)c1. The first-order valence-electron chi connectivity index (χ1n) is 9.57. The predicted molar refractivity (Wildman–Crippen MR) is 112 cm³/mol. The molecule has 1 amide bonds. The number of aromatic nitrogens is 5. The van der Waals surface area contributed by atoms with Crippen LogP contribution >= 0.6 is 0 Å². The highest BCUT2D eigenvalue weighted by Gasteiger charge is 2.16. The van der Waals surface area contributed by atoms with E-state index in [1.165, 1.54) is 5.56 Å². The van der Waals surface area contributed by atoms with Crippen LogP contribution in [0.1, 0.15) is 22.5 Å². The summed E-state index contributed by atoms with van der Waals surface area (Å²) in [5.41, 5.74) is 7.01. The van der Waals surface area contributed by atoms with Gasteiger partial charge in [0.25, 0.3) is 0 Å². The number of aryl methyl sites for hydroxylation is 3. The summed E-state index contributed by atoms with van der Waals surface area (Å²) >= 11 is 0. The topological polar surface area (TPSA) is 77.6 Å². The summed E-state index contributed by atoms with van der Waals surface area (Å²) in [4.78, 5) is 17.0. The molecule has 0 aliphatic carbocycles. The normalized spacial score (nSPS) is 11.2. The molecule has 29 heavy (non-hydrogen) atoms. The third-order valence-corrected chi connectivity index (χ3v) is 5.24. The van der Waals surface area contributed by atoms with Crippen molar-refractivity contribution in [3.8, 4) is 11.1 Å². The highest BCUT2D eigenvalue weighted by atomic mass is 16.2. The molecule has 7 heteroatoms. The largest absolute Gasteiger partial charge is 0.350 e. The van der Waals surface area contributed by atoms with E-state index in [1.54, 1.807) is 21.8 Å². The molecule has 0 fully saturated rings. The molecule has 4 rings (SSSR count). The molecular weight excluding hydrogens is 364 g/mol. The molecule has 3 aromatic heterocycles. The molecule has 3 heterocycles. The lowest BCUT2D eigenvalue weighted by atomic mass is 10.0. The molecule has 0 aliphatic heterocycles. The van der Waals surface area contributed by atoms with Crippen molar-refractivity contribution in [2.24, 2.45) is 7.05 Å². The second kappa shape index (κ2) is 7.50. The van der Waals surface area contributed by atoms with Gasteiger partial charge in [0.05, 0.1) is 11.9 Å². The van der Waals surface area contributed by atoms with Gasteiger partial charge in [-0.15, -0.1) is 0 Å². The molecule has 1 N–H and O–H groups in total. The molecule has 0 bridgehead atoms. The average Bonchev–Trinajstić information content (AvgIpc) is 3.19. The fourth-order valence-corrected chi connectivity index (χ4v) is 3.55. The summed E-state index contributed by atoms with van der Waals surface area (Å²) in [5.74, 6) is -0.111. The monoisotopic (exact) mass is 388 g/mol. The lowest BCUT2D eigenvalue weighted by molar-refractivity contribution is -0.121. The molecule has 0 aliphatic rings. The van der Waals surface area contributed by atoms with Gasteiger partial charge >= 0.3 is 0 Å². The Balaban J connectivity index is 1.59. The lowest BCUT2D eigenvalue weighted by Crippen LogP contribution is -2.27. The second-order valence-corrected chi connectivity index (χ2v) is 7.33. The van der Waals surface area contributed by atoms with E-state index in [4.69, 9.17) is 0 Å². The van der Waals surface area contributed by atoms with Crippen molar-refractivity contribution in [3.05, 3.63) is 65.2 Å². The van der Waals surface area contributed by atoms with Gasteiger partial charge < -0.3 is 5.32 Å². The van der Waals surface area contributed by atoms with Crippen molar-refractivity contribution < 1.29 is 4.79 Å². The number of fused-ring (bicyclic) bond motifs is 1. The number of hydrogen-bond donors (Lipinski definition) is 1. The van der Waals surface area contributed by atoms with Crippen LogP contribution in [0.15, 0.2) is 42.7 Å². The molecule has 148 valence electrons. The Kier molecular flexibility index (Phi) is 4.88. The van der Waals surface area contributed by atoms with Crippen LogP contribution in [0, 0.1) is 20.8 Å². The number of nitrogens with zero attached hydrogens (tertiary/aromatic N) is 5. The summed E-state index contributed by atoms with van der Waals surface area (Å²) in [5, 5.41) is 12.7. The first-order chi connectivity index (χ1) is 13.9. The van der Waals surface area contributed by atoms with Crippen LogP contribution in [0.5, 0.6) is 0 Å². The van der Waals surface area contributed by atoms with Gasteiger partial charge in [-0.3, -0.25) is 9.48 Å². The molecular formula is C22H24N6O. The Hall–Kier alpha value is -3.48. The molecule has 1 aromatic carbocycles. The van der Waals surface area contributed by atoms with E-state index in [-0.39, 0.29) is 12.5 Å². The van der Waals surface area contributed by atoms with Crippen LogP contribution in [0.2, 0.25) is 0 Å². The van der Waals surface area contributed by atoms with Crippen molar-refractivity contribution >= 4 is 16.9 Å². The fourth-order valence-electron chi connectivity index (χ4n) is 3.55. The first-order valence-corrected chi connectivity index (χ1v) is 9.57. The van der Waals surface area contributed by atoms with Gasteiger partial charge in [0, 0.05) is 36.4 Å². The van der Waals surface area contributed by atoms with Crippen molar-refractivity contribution in [2.45, 2.75) is 33.9 Å². The summed E-state index contributed by atoms with van der Waals surface area (Å²) in [6.07, 6.45) is 3.55. The van der Waals surface area contributed by atoms with Crippen LogP contribution in [-0.2, 0) is 24.9 Å². The second-order valence-electron chi connectivity index (χ2n) is 7.33. The summed E-state index contributed by atoms with van der Waals surface area (Å²) in [6, 6.07) is 10.4. The number of benzene rings is 1. The summed E-state index contributed by atoms with van der Waals surface area (Å²) in [7, 11) is 1.89. The van der Waals surface area contributed by atoms with E-state index in [2.05, 4.69) is 45.6 Å². The van der Waals surface area contributed by atoms with Gasteiger partial charge in [-0.1, -0.05) is 29.8 Å². The zero-order valence-electron chi connectivity index (χ0n) is 17.1. The van der Waals surface area contributed by atoms with Gasteiger partial charge in [0.2, 0.25) is 5.91 Å². The minimum Gasteiger partial charge on any atom is -0.350 e. The molecule has 4 aromatic rings. The van der Waals surface area contributed by atoms with E-state index in [1.807, 2.05) is 33.0 Å². The number of pyridine rings is 1. The van der Waals surface area contributed by atoms with Crippen molar-refractivity contribution in [1.29, 1.82) is 0 Å². The highest BCUT2D eigenvalue weighted by Crippen LogP contribution is 2.30. The van der Waals surface area contributed by atoms with Crippen molar-refractivity contribution in [1.82, 2.24) is 29.9 Å². The Labute approximate surface area is 169 Å². The number of carbonyl (C=O) groups excluding carboxylic acids is 1. The number of nitrogens with one attached hydrogen (secondary N) is 1. The minimum absolute atomic E-state index is 0.111. The van der Waals surface area contributed by atoms with Gasteiger partial charge in [-0.05, 0) is 38.0 Å². The average molecular weight is 388 g/mol. The Morgan fingerprint density at radius 1 is 1.17 bits per heavy atom. The third-order valence-electron chi connectivity index (χ3n) is 5.24. The Morgan fingerprint density at radius 2 is 2.00 bits per heavy atom. The smallest absolute Gasteiger partial charge is 0.242 e. The number of carbonyl (C=O) groups is 1. The fraction of sp³-hybridized carbons (Fsp3) is 0.273. The minimum atomic E-state index is -0.111. The van der Waals surface area contributed by atoms with E-state index < -0.39 is 0 Å². The van der Waals surface area contributed by atoms with Gasteiger partial charge in [0.1, 0.15) is 6.54 Å². The molecule has 0 atom stereocenters. The zero-order valence-corrected chi connectivity index (χ0v) is 17.1. The van der Waals surface area contributed by atoms with Gasteiger partial charge in [0.15, 0.2) is 5.65 Å². The van der Waals surface area contributed by atoms with E-state index in [0.29, 0.717) is 12.2 Å². The molecule has 0 spiro atoms. The standard InChI is InChI=1S/C22H24N6O/c1-14-6-5-7-17(10-14)19-8-9-23-22-21(19)15(2)26-28(22)13-20(29)24-11-18-12-25-27(4)16(18)3/h5-10,12H,11,13H2,1-4H3,(H,24,29). The maximum Gasteiger partial charge on any atom is 0.242 e. The number of hydrogen-bond acceptors (Lipinski definition) is 4. The molecule has 0 saturated heterocycles. The number of amides is 1. The Bertz CT molecular complexity index is 1200. The van der Waals surface area contributed by atoms with Crippen LogP contribution < -0.4 is 5.32 Å². The molecule has 7 nitrogen and oxygen atoms in total. The van der Waals surface area contributed by atoms with Crippen LogP contribution in [-0.4, -0.2) is 30.5 Å². The van der Waals surface area contributed by atoms with Crippen molar-refractivity contribution in [2.75, 3.05) is 0 Å². The number of rotatable bonds is 5. The lowest BCUT2D eigenvalue weighted by Gasteiger charge is -2.07. The Morgan fingerprint density at radius 3 is 2.72 bits per heavy atom. The zero-order chi connectivity index (χ0) is 20.5. The summed E-state index contributed by atoms with van der Waals surface area (Å²) in [6.45, 7) is 6.57. The maximum atomic E-state index is 12.5. The van der Waals surface area contributed by atoms with Gasteiger partial charge in [-0.25, -0.2) is 9.67 Å². The van der Waals surface area contributed by atoms with E-state index >= 15 is 0 Å². The first kappa shape index (κ1) is 18.9. The van der Waals surface area contributed by atoms with E-state index in [9.17, 15) is 4.79 Å². The maximum absolute atomic E-state index is 12.5.